The first-order chi connectivity index (χ1) is 10.8. The summed E-state index contributed by atoms with van der Waals surface area (Å²) in [5.41, 5.74) is 1.86. The third kappa shape index (κ3) is 3.49. The van der Waals surface area contributed by atoms with Crippen LogP contribution in [0.25, 0.3) is 0 Å². The van der Waals surface area contributed by atoms with Gasteiger partial charge < -0.3 is 0 Å². The Hall–Kier alpha value is -1.41. The van der Waals surface area contributed by atoms with Gasteiger partial charge in [-0.15, -0.1) is 0 Å². The summed E-state index contributed by atoms with van der Waals surface area (Å²) in [6, 6.07) is 11.6. The first-order valence-corrected chi connectivity index (χ1v) is 8.94. The molecule has 1 aromatic heterocycles. The Kier molecular flexibility index (Phi) is 5.09. The quantitative estimate of drug-likeness (QED) is 0.711. The standard InChI is InChI=1S/C16H14IN3OS/c17-14-6-2-1-5-13(14)15(21)20-9-8-19-16(20)22-11-12-4-3-7-18-10-12/h1-7,10H,8-9,11H2. The summed E-state index contributed by atoms with van der Waals surface area (Å²) >= 11 is 3.78. The molecule has 0 atom stereocenters. The van der Waals surface area contributed by atoms with Gasteiger partial charge in [0.1, 0.15) is 0 Å². The molecule has 0 fully saturated rings. The first kappa shape index (κ1) is 15.5. The molecule has 4 nitrogen and oxygen atoms in total. The molecule has 1 aliphatic rings. The van der Waals surface area contributed by atoms with Gasteiger partial charge in [0.25, 0.3) is 5.91 Å². The van der Waals surface area contributed by atoms with Gasteiger partial charge in [0.05, 0.1) is 12.1 Å². The van der Waals surface area contributed by atoms with Crippen LogP contribution in [-0.4, -0.2) is 34.0 Å². The van der Waals surface area contributed by atoms with Crippen molar-refractivity contribution in [2.75, 3.05) is 13.1 Å². The van der Waals surface area contributed by atoms with E-state index in [4.69, 9.17) is 0 Å². The van der Waals surface area contributed by atoms with Gasteiger partial charge in [-0.1, -0.05) is 30.0 Å². The molecule has 1 amide bonds. The molecule has 1 aliphatic heterocycles. The predicted octanol–water partition coefficient (Wildman–Crippen LogP) is 3.43. The van der Waals surface area contributed by atoms with Gasteiger partial charge in [-0.05, 0) is 46.4 Å². The molecular weight excluding hydrogens is 409 g/mol. The Labute approximate surface area is 147 Å². The van der Waals surface area contributed by atoms with E-state index in [1.165, 1.54) is 0 Å². The van der Waals surface area contributed by atoms with E-state index >= 15 is 0 Å². The molecule has 112 valence electrons. The molecule has 0 bridgehead atoms. The highest BCUT2D eigenvalue weighted by molar-refractivity contribution is 14.1. The topological polar surface area (TPSA) is 45.6 Å². The zero-order chi connectivity index (χ0) is 15.4. The fourth-order valence-electron chi connectivity index (χ4n) is 2.15. The fraction of sp³-hybridized carbons (Fsp3) is 0.188. The maximum atomic E-state index is 12.7. The minimum absolute atomic E-state index is 0.0277. The highest BCUT2D eigenvalue weighted by Gasteiger charge is 2.26. The molecule has 2 aromatic rings. The molecule has 0 saturated heterocycles. The van der Waals surface area contributed by atoms with E-state index in [1.807, 2.05) is 42.6 Å². The number of hydrogen-bond acceptors (Lipinski definition) is 4. The van der Waals surface area contributed by atoms with E-state index in [9.17, 15) is 4.79 Å². The lowest BCUT2D eigenvalue weighted by molar-refractivity contribution is 0.0859. The fourth-order valence-corrected chi connectivity index (χ4v) is 3.75. The van der Waals surface area contributed by atoms with Crippen LogP contribution in [0, 0.1) is 3.57 Å². The lowest BCUT2D eigenvalue weighted by Gasteiger charge is -2.18. The monoisotopic (exact) mass is 423 g/mol. The number of aliphatic imine (C=N–C) groups is 1. The highest BCUT2D eigenvalue weighted by Crippen LogP contribution is 2.22. The second kappa shape index (κ2) is 7.23. The number of halogens is 1. The Morgan fingerprint density at radius 2 is 2.14 bits per heavy atom. The minimum atomic E-state index is 0.0277. The van der Waals surface area contributed by atoms with E-state index in [-0.39, 0.29) is 5.91 Å². The number of pyridine rings is 1. The number of thioether (sulfide) groups is 1. The Balaban J connectivity index is 1.70. The summed E-state index contributed by atoms with van der Waals surface area (Å²) in [6.45, 7) is 1.32. The average molecular weight is 423 g/mol. The van der Waals surface area contributed by atoms with Gasteiger partial charge in [-0.25, -0.2) is 0 Å². The third-order valence-corrected chi connectivity index (χ3v) is 5.27. The maximum absolute atomic E-state index is 12.7. The van der Waals surface area contributed by atoms with Crippen LogP contribution in [0.3, 0.4) is 0 Å². The van der Waals surface area contributed by atoms with Gasteiger partial charge in [-0.3, -0.25) is 19.7 Å². The summed E-state index contributed by atoms with van der Waals surface area (Å²) in [7, 11) is 0. The number of amides is 1. The smallest absolute Gasteiger partial charge is 0.260 e. The molecular formula is C16H14IN3OS. The number of benzene rings is 1. The molecule has 6 heteroatoms. The van der Waals surface area contributed by atoms with Crippen molar-refractivity contribution in [3.05, 3.63) is 63.5 Å². The highest BCUT2D eigenvalue weighted by atomic mass is 127. The first-order valence-electron chi connectivity index (χ1n) is 6.88. The molecule has 0 radical (unpaired) electrons. The summed E-state index contributed by atoms with van der Waals surface area (Å²) in [5, 5.41) is 0.800. The van der Waals surface area contributed by atoms with Gasteiger partial charge in [0, 0.05) is 28.3 Å². The van der Waals surface area contributed by atoms with Gasteiger partial charge in [0.15, 0.2) is 5.17 Å². The SMILES string of the molecule is O=C(c1ccccc1I)N1CCN=C1SCc1cccnc1. The van der Waals surface area contributed by atoms with E-state index < -0.39 is 0 Å². The number of nitrogens with zero attached hydrogens (tertiary/aromatic N) is 3. The molecule has 1 aromatic carbocycles. The van der Waals surface area contributed by atoms with Gasteiger partial charge >= 0.3 is 0 Å². The number of carbonyl (C=O) groups is 1. The number of amidine groups is 1. The zero-order valence-electron chi connectivity index (χ0n) is 11.8. The molecule has 22 heavy (non-hydrogen) atoms. The Bertz CT molecular complexity index is 706. The van der Waals surface area contributed by atoms with Crippen LogP contribution in [0.4, 0.5) is 0 Å². The number of hydrogen-bond donors (Lipinski definition) is 0. The van der Waals surface area contributed by atoms with Gasteiger partial charge in [0.2, 0.25) is 0 Å². The summed E-state index contributed by atoms with van der Waals surface area (Å²) < 4.78 is 0.966. The Morgan fingerprint density at radius 1 is 1.27 bits per heavy atom. The van der Waals surface area contributed by atoms with Crippen molar-refractivity contribution in [3.8, 4) is 0 Å². The van der Waals surface area contributed by atoms with E-state index in [0.717, 1.165) is 25.6 Å². The van der Waals surface area contributed by atoms with Crippen molar-refractivity contribution in [3.63, 3.8) is 0 Å². The van der Waals surface area contributed by atoms with Crippen LogP contribution >= 0.6 is 34.4 Å². The van der Waals surface area contributed by atoms with Crippen LogP contribution in [0.5, 0.6) is 0 Å². The lowest BCUT2D eigenvalue weighted by Crippen LogP contribution is -2.33. The van der Waals surface area contributed by atoms with Crippen LogP contribution in [0.2, 0.25) is 0 Å². The second-order valence-corrected chi connectivity index (χ2v) is 6.86. The van der Waals surface area contributed by atoms with E-state index in [0.29, 0.717) is 13.1 Å². The average Bonchev–Trinajstić information content (AvgIpc) is 3.02. The molecule has 0 unspecified atom stereocenters. The predicted molar refractivity (Wildman–Crippen MR) is 98.0 cm³/mol. The van der Waals surface area contributed by atoms with Crippen molar-refractivity contribution < 1.29 is 4.79 Å². The lowest BCUT2D eigenvalue weighted by atomic mass is 10.2. The Morgan fingerprint density at radius 3 is 2.91 bits per heavy atom. The van der Waals surface area contributed by atoms with Crippen LogP contribution in [0.1, 0.15) is 15.9 Å². The molecule has 3 rings (SSSR count). The van der Waals surface area contributed by atoms with Crippen LogP contribution in [-0.2, 0) is 5.75 Å². The van der Waals surface area contributed by atoms with E-state index in [2.05, 4.69) is 32.6 Å². The van der Waals surface area contributed by atoms with Crippen molar-refractivity contribution >= 4 is 45.4 Å². The van der Waals surface area contributed by atoms with Crippen molar-refractivity contribution in [1.29, 1.82) is 0 Å². The van der Waals surface area contributed by atoms with Gasteiger partial charge in [-0.2, -0.15) is 0 Å². The molecule has 0 saturated carbocycles. The molecule has 0 spiro atoms. The largest absolute Gasteiger partial charge is 0.286 e. The van der Waals surface area contributed by atoms with Crippen molar-refractivity contribution in [2.45, 2.75) is 5.75 Å². The summed E-state index contributed by atoms with van der Waals surface area (Å²) in [4.78, 5) is 23.1. The zero-order valence-corrected chi connectivity index (χ0v) is 14.8. The summed E-state index contributed by atoms with van der Waals surface area (Å²) in [5.74, 6) is 0.794. The molecule has 0 aliphatic carbocycles. The maximum Gasteiger partial charge on any atom is 0.260 e. The van der Waals surface area contributed by atoms with E-state index in [1.54, 1.807) is 22.9 Å². The molecule has 0 N–H and O–H groups in total. The third-order valence-electron chi connectivity index (χ3n) is 3.24. The number of aromatic nitrogens is 1. The summed E-state index contributed by atoms with van der Waals surface area (Å²) in [6.07, 6.45) is 3.60. The number of rotatable bonds is 3. The second-order valence-electron chi connectivity index (χ2n) is 4.75. The van der Waals surface area contributed by atoms with Crippen molar-refractivity contribution in [1.82, 2.24) is 9.88 Å². The number of carbonyl (C=O) groups excluding carboxylic acids is 1. The van der Waals surface area contributed by atoms with Crippen LogP contribution in [0.15, 0.2) is 53.8 Å². The van der Waals surface area contributed by atoms with Crippen molar-refractivity contribution in [2.24, 2.45) is 4.99 Å². The minimum Gasteiger partial charge on any atom is -0.286 e. The van der Waals surface area contributed by atoms with Crippen LogP contribution < -0.4 is 0 Å². The molecule has 2 heterocycles. The normalized spacial score (nSPS) is 14.0.